The molecule has 0 unspecified atom stereocenters. The molecule has 0 spiro atoms. The van der Waals surface area contributed by atoms with Crippen molar-refractivity contribution in [2.24, 2.45) is 0 Å². The number of carbonyl (C=O) groups is 2. The molecule has 2 aromatic carbocycles. The highest BCUT2D eigenvalue weighted by Gasteiger charge is 2.26. The monoisotopic (exact) mass is 393 g/mol. The number of piperazine rings is 1. The van der Waals surface area contributed by atoms with Gasteiger partial charge in [0.05, 0.1) is 0 Å². The third kappa shape index (κ3) is 3.53. The Hall–Kier alpha value is -3.05. The Bertz CT molecular complexity index is 1050. The fraction of sp³-hybridized carbons (Fsp3) is 0.182. The van der Waals surface area contributed by atoms with Crippen LogP contribution in [0.1, 0.15) is 26.4 Å². The van der Waals surface area contributed by atoms with Gasteiger partial charge in [0, 0.05) is 47.7 Å². The molecule has 1 aliphatic heterocycles. The van der Waals surface area contributed by atoms with Crippen LogP contribution in [0.4, 0.5) is 0 Å². The van der Waals surface area contributed by atoms with Gasteiger partial charge in [0.1, 0.15) is 5.69 Å². The summed E-state index contributed by atoms with van der Waals surface area (Å²) in [6.07, 6.45) is 1.75. The molecule has 6 heteroatoms. The molecule has 3 aromatic rings. The largest absolute Gasteiger partial charge is 0.351 e. The third-order valence-corrected chi connectivity index (χ3v) is 5.30. The van der Waals surface area contributed by atoms with Gasteiger partial charge in [-0.15, -0.1) is 0 Å². The van der Waals surface area contributed by atoms with Crippen LogP contribution in [-0.4, -0.2) is 52.8 Å². The summed E-state index contributed by atoms with van der Waals surface area (Å²) < 4.78 is 0. The van der Waals surface area contributed by atoms with Crippen LogP contribution in [0.3, 0.4) is 0 Å². The van der Waals surface area contributed by atoms with Crippen molar-refractivity contribution < 1.29 is 9.59 Å². The van der Waals surface area contributed by atoms with Gasteiger partial charge in [-0.25, -0.2) is 0 Å². The first-order valence-electron chi connectivity index (χ1n) is 9.14. The van der Waals surface area contributed by atoms with Crippen LogP contribution in [-0.2, 0) is 0 Å². The Morgan fingerprint density at radius 1 is 0.929 bits per heavy atom. The van der Waals surface area contributed by atoms with Gasteiger partial charge in [-0.2, -0.15) is 0 Å². The number of rotatable bonds is 3. The van der Waals surface area contributed by atoms with E-state index in [0.29, 0.717) is 42.5 Å². The van der Waals surface area contributed by atoms with Crippen LogP contribution in [0, 0.1) is 0 Å². The van der Waals surface area contributed by atoms with Gasteiger partial charge in [-0.3, -0.25) is 9.59 Å². The lowest BCUT2D eigenvalue weighted by Gasteiger charge is -2.34. The molecule has 0 saturated carbocycles. The molecule has 1 aromatic heterocycles. The van der Waals surface area contributed by atoms with Crippen LogP contribution in [0.15, 0.2) is 55.1 Å². The van der Waals surface area contributed by atoms with E-state index in [9.17, 15) is 9.59 Å². The number of nitrogens with one attached hydrogen (secondary N) is 1. The number of nitrogens with zero attached hydrogens (tertiary/aromatic N) is 2. The summed E-state index contributed by atoms with van der Waals surface area (Å²) in [5.74, 6) is -0.0716. The summed E-state index contributed by atoms with van der Waals surface area (Å²) in [6.45, 7) is 5.76. The summed E-state index contributed by atoms with van der Waals surface area (Å²) in [5, 5.41) is 1.55. The predicted octanol–water partition coefficient (Wildman–Crippen LogP) is 4.06. The number of hydrogen-bond acceptors (Lipinski definition) is 2. The summed E-state index contributed by atoms with van der Waals surface area (Å²) in [7, 11) is 0. The van der Waals surface area contributed by atoms with Crippen molar-refractivity contribution in [3.8, 4) is 0 Å². The fourth-order valence-electron chi connectivity index (χ4n) is 3.45. The number of H-pyrrole nitrogens is 1. The maximum Gasteiger partial charge on any atom is 0.270 e. The first-order valence-corrected chi connectivity index (χ1v) is 9.52. The maximum atomic E-state index is 12.8. The molecule has 0 bridgehead atoms. The Labute approximate surface area is 168 Å². The number of aromatic nitrogens is 1. The van der Waals surface area contributed by atoms with Crippen molar-refractivity contribution in [1.29, 1.82) is 0 Å². The molecule has 0 aliphatic carbocycles. The summed E-state index contributed by atoms with van der Waals surface area (Å²) >= 11 is 6.02. The highest BCUT2D eigenvalue weighted by molar-refractivity contribution is 6.31. The highest BCUT2D eigenvalue weighted by atomic mass is 35.5. The standard InChI is InChI=1S/C22H20ClN3O2/c1-2-15-3-5-16(6-4-15)21(27)25-9-11-26(12-10-25)22(28)20-14-17-13-18(23)7-8-19(17)24-20/h2-8,13-14,24H,1,9-12H2. The van der Waals surface area contributed by atoms with Gasteiger partial charge in [0.2, 0.25) is 0 Å². The van der Waals surface area contributed by atoms with Crippen molar-refractivity contribution in [3.05, 3.63) is 77.0 Å². The molecule has 142 valence electrons. The molecule has 0 atom stereocenters. The van der Waals surface area contributed by atoms with Crippen LogP contribution in [0.2, 0.25) is 5.02 Å². The topological polar surface area (TPSA) is 56.4 Å². The molecule has 1 saturated heterocycles. The van der Waals surface area contributed by atoms with Crippen molar-refractivity contribution in [1.82, 2.24) is 14.8 Å². The van der Waals surface area contributed by atoms with Gasteiger partial charge in [0.15, 0.2) is 0 Å². The molecule has 2 heterocycles. The van der Waals surface area contributed by atoms with E-state index in [-0.39, 0.29) is 11.8 Å². The van der Waals surface area contributed by atoms with E-state index in [1.807, 2.05) is 42.5 Å². The first-order chi connectivity index (χ1) is 13.5. The van der Waals surface area contributed by atoms with E-state index in [4.69, 9.17) is 11.6 Å². The van der Waals surface area contributed by atoms with Crippen molar-refractivity contribution in [2.45, 2.75) is 0 Å². The zero-order valence-electron chi connectivity index (χ0n) is 15.3. The number of benzene rings is 2. The number of hydrogen-bond donors (Lipinski definition) is 1. The second-order valence-corrected chi connectivity index (χ2v) is 7.26. The Morgan fingerprint density at radius 3 is 2.21 bits per heavy atom. The minimum absolute atomic E-state index is 0.0111. The number of halogens is 1. The van der Waals surface area contributed by atoms with E-state index in [0.717, 1.165) is 16.5 Å². The minimum Gasteiger partial charge on any atom is -0.351 e. The van der Waals surface area contributed by atoms with Gasteiger partial charge < -0.3 is 14.8 Å². The van der Waals surface area contributed by atoms with Crippen LogP contribution >= 0.6 is 11.6 Å². The maximum absolute atomic E-state index is 12.8. The lowest BCUT2D eigenvalue weighted by Crippen LogP contribution is -2.50. The average molecular weight is 394 g/mol. The molecule has 5 nitrogen and oxygen atoms in total. The second kappa shape index (κ2) is 7.52. The Balaban J connectivity index is 1.41. The van der Waals surface area contributed by atoms with Gasteiger partial charge in [-0.1, -0.05) is 36.4 Å². The summed E-state index contributed by atoms with van der Waals surface area (Å²) in [4.78, 5) is 32.2. The van der Waals surface area contributed by atoms with E-state index in [1.165, 1.54) is 0 Å². The number of fused-ring (bicyclic) bond motifs is 1. The minimum atomic E-state index is -0.0604. The van der Waals surface area contributed by atoms with Gasteiger partial charge in [-0.05, 0) is 42.0 Å². The number of carbonyl (C=O) groups excluding carboxylic acids is 2. The SMILES string of the molecule is C=Cc1ccc(C(=O)N2CCN(C(=O)c3cc4cc(Cl)ccc4[nH]3)CC2)cc1. The smallest absolute Gasteiger partial charge is 0.270 e. The zero-order valence-corrected chi connectivity index (χ0v) is 16.1. The predicted molar refractivity (Wildman–Crippen MR) is 112 cm³/mol. The van der Waals surface area contributed by atoms with Crippen molar-refractivity contribution >= 4 is 40.4 Å². The summed E-state index contributed by atoms with van der Waals surface area (Å²) in [6, 6.07) is 14.7. The second-order valence-electron chi connectivity index (χ2n) is 6.83. The van der Waals surface area contributed by atoms with Crippen molar-refractivity contribution in [2.75, 3.05) is 26.2 Å². The van der Waals surface area contributed by atoms with E-state index in [1.54, 1.807) is 21.9 Å². The van der Waals surface area contributed by atoms with Gasteiger partial charge in [0.25, 0.3) is 11.8 Å². The normalized spacial score (nSPS) is 14.3. The molecule has 1 fully saturated rings. The lowest BCUT2D eigenvalue weighted by atomic mass is 10.1. The lowest BCUT2D eigenvalue weighted by molar-refractivity contribution is 0.0533. The Kier molecular flexibility index (Phi) is 4.92. The molecule has 4 rings (SSSR count). The fourth-order valence-corrected chi connectivity index (χ4v) is 3.63. The number of aromatic amines is 1. The first kappa shape index (κ1) is 18.3. The van der Waals surface area contributed by atoms with E-state index >= 15 is 0 Å². The molecular formula is C22H20ClN3O2. The van der Waals surface area contributed by atoms with Crippen LogP contribution in [0.25, 0.3) is 17.0 Å². The van der Waals surface area contributed by atoms with Crippen LogP contribution < -0.4 is 0 Å². The highest BCUT2D eigenvalue weighted by Crippen LogP contribution is 2.21. The molecule has 1 N–H and O–H groups in total. The van der Waals surface area contributed by atoms with E-state index in [2.05, 4.69) is 11.6 Å². The molecule has 1 aliphatic rings. The quantitative estimate of drug-likeness (QED) is 0.729. The van der Waals surface area contributed by atoms with Crippen LogP contribution in [0.5, 0.6) is 0 Å². The molecule has 28 heavy (non-hydrogen) atoms. The molecule has 0 radical (unpaired) electrons. The zero-order chi connectivity index (χ0) is 19.7. The van der Waals surface area contributed by atoms with E-state index < -0.39 is 0 Å². The van der Waals surface area contributed by atoms with Crippen molar-refractivity contribution in [3.63, 3.8) is 0 Å². The average Bonchev–Trinajstić information content (AvgIpc) is 3.16. The van der Waals surface area contributed by atoms with Gasteiger partial charge >= 0.3 is 0 Å². The number of amides is 2. The molecular weight excluding hydrogens is 374 g/mol. The molecule has 2 amide bonds. The third-order valence-electron chi connectivity index (χ3n) is 5.06. The Morgan fingerprint density at radius 2 is 1.57 bits per heavy atom. The summed E-state index contributed by atoms with van der Waals surface area (Å²) in [5.41, 5.74) is 3.05.